The number of hydrogen-bond acceptors (Lipinski definition) is 4. The standard InChI is InChI=1S/C15H16N2O4/c1-2-21-13-5-4-12(7-11(13)9-18)17-15(20)10-3-6-14(19)16-8-10/h3-8,18H,2,9H2,1H3,(H,16,19)(H,17,20). The van der Waals surface area contributed by atoms with Crippen LogP contribution in [0.4, 0.5) is 5.69 Å². The highest BCUT2D eigenvalue weighted by Gasteiger charge is 2.09. The third-order valence-corrected chi connectivity index (χ3v) is 2.83. The SMILES string of the molecule is CCOc1ccc(NC(=O)c2ccc(=O)[nH]c2)cc1CO. The molecule has 3 N–H and O–H groups in total. The second-order valence-corrected chi connectivity index (χ2v) is 4.31. The lowest BCUT2D eigenvalue weighted by atomic mass is 10.1. The Labute approximate surface area is 121 Å². The van der Waals surface area contributed by atoms with Gasteiger partial charge in [-0.05, 0) is 31.2 Å². The van der Waals surface area contributed by atoms with Crippen LogP contribution in [0, 0.1) is 0 Å². The molecular formula is C15H16N2O4. The summed E-state index contributed by atoms with van der Waals surface area (Å²) in [5.74, 6) is 0.237. The van der Waals surface area contributed by atoms with Gasteiger partial charge in [0.25, 0.3) is 5.91 Å². The Hall–Kier alpha value is -2.60. The van der Waals surface area contributed by atoms with E-state index < -0.39 is 0 Å². The Morgan fingerprint density at radius 3 is 2.76 bits per heavy atom. The van der Waals surface area contributed by atoms with Crippen LogP contribution in [0.5, 0.6) is 5.75 Å². The molecule has 1 aromatic carbocycles. The highest BCUT2D eigenvalue weighted by molar-refractivity contribution is 6.04. The quantitative estimate of drug-likeness (QED) is 0.778. The summed E-state index contributed by atoms with van der Waals surface area (Å²) in [4.78, 5) is 25.4. The number of amides is 1. The molecule has 1 heterocycles. The van der Waals surface area contributed by atoms with Crippen LogP contribution in [-0.2, 0) is 6.61 Å². The van der Waals surface area contributed by atoms with Crippen molar-refractivity contribution in [2.24, 2.45) is 0 Å². The van der Waals surface area contributed by atoms with Crippen molar-refractivity contribution in [1.82, 2.24) is 4.98 Å². The summed E-state index contributed by atoms with van der Waals surface area (Å²) in [5, 5.41) is 12.0. The molecule has 0 aliphatic carbocycles. The monoisotopic (exact) mass is 288 g/mol. The molecule has 0 spiro atoms. The zero-order valence-corrected chi connectivity index (χ0v) is 11.6. The largest absolute Gasteiger partial charge is 0.494 e. The lowest BCUT2D eigenvalue weighted by Crippen LogP contribution is -2.14. The normalized spacial score (nSPS) is 10.2. The van der Waals surface area contributed by atoms with E-state index in [-0.39, 0.29) is 18.1 Å². The Morgan fingerprint density at radius 2 is 2.14 bits per heavy atom. The first-order valence-electron chi connectivity index (χ1n) is 6.50. The number of pyridine rings is 1. The van der Waals surface area contributed by atoms with E-state index in [0.717, 1.165) is 0 Å². The van der Waals surface area contributed by atoms with Crippen LogP contribution in [-0.4, -0.2) is 22.6 Å². The van der Waals surface area contributed by atoms with Gasteiger partial charge in [-0.3, -0.25) is 9.59 Å². The summed E-state index contributed by atoms with van der Waals surface area (Å²) in [5.41, 5.74) is 1.21. The number of ether oxygens (including phenoxy) is 1. The summed E-state index contributed by atoms with van der Waals surface area (Å²) in [7, 11) is 0. The zero-order chi connectivity index (χ0) is 15.2. The van der Waals surface area contributed by atoms with E-state index in [0.29, 0.717) is 29.2 Å². The average molecular weight is 288 g/mol. The second-order valence-electron chi connectivity index (χ2n) is 4.31. The summed E-state index contributed by atoms with van der Waals surface area (Å²) in [6.07, 6.45) is 1.35. The fourth-order valence-corrected chi connectivity index (χ4v) is 1.83. The van der Waals surface area contributed by atoms with Crippen LogP contribution < -0.4 is 15.6 Å². The number of carbonyl (C=O) groups excluding carboxylic acids is 1. The van der Waals surface area contributed by atoms with Crippen LogP contribution in [0.1, 0.15) is 22.8 Å². The van der Waals surface area contributed by atoms with Crippen LogP contribution in [0.2, 0.25) is 0 Å². The molecule has 0 aliphatic rings. The van der Waals surface area contributed by atoms with E-state index in [1.165, 1.54) is 18.3 Å². The van der Waals surface area contributed by atoms with Gasteiger partial charge in [0.1, 0.15) is 5.75 Å². The predicted molar refractivity (Wildman–Crippen MR) is 78.5 cm³/mol. The molecule has 0 fully saturated rings. The van der Waals surface area contributed by atoms with Gasteiger partial charge in [0.2, 0.25) is 5.56 Å². The molecule has 2 aromatic rings. The summed E-state index contributed by atoms with van der Waals surface area (Å²) in [6, 6.07) is 7.75. The van der Waals surface area contributed by atoms with Crippen molar-refractivity contribution >= 4 is 11.6 Å². The fourth-order valence-electron chi connectivity index (χ4n) is 1.83. The minimum atomic E-state index is -0.348. The Kier molecular flexibility index (Phi) is 4.73. The van der Waals surface area contributed by atoms with Crippen LogP contribution in [0.25, 0.3) is 0 Å². The Bertz CT molecular complexity index is 674. The fraction of sp³-hybridized carbons (Fsp3) is 0.200. The highest BCUT2D eigenvalue weighted by atomic mass is 16.5. The van der Waals surface area contributed by atoms with Crippen molar-refractivity contribution in [2.45, 2.75) is 13.5 Å². The number of aromatic amines is 1. The van der Waals surface area contributed by atoms with Gasteiger partial charge in [-0.25, -0.2) is 0 Å². The smallest absolute Gasteiger partial charge is 0.257 e. The van der Waals surface area contributed by atoms with Gasteiger partial charge in [0.05, 0.1) is 18.8 Å². The Balaban J connectivity index is 2.17. The minimum Gasteiger partial charge on any atom is -0.494 e. The first-order valence-corrected chi connectivity index (χ1v) is 6.50. The number of carbonyl (C=O) groups is 1. The molecule has 0 unspecified atom stereocenters. The highest BCUT2D eigenvalue weighted by Crippen LogP contribution is 2.23. The van der Waals surface area contributed by atoms with Crippen LogP contribution in [0.15, 0.2) is 41.3 Å². The van der Waals surface area contributed by atoms with Crippen molar-refractivity contribution in [3.05, 3.63) is 58.0 Å². The molecule has 21 heavy (non-hydrogen) atoms. The maximum atomic E-state index is 12.0. The summed E-state index contributed by atoms with van der Waals surface area (Å²) >= 11 is 0. The molecule has 0 bridgehead atoms. The average Bonchev–Trinajstić information content (AvgIpc) is 2.49. The molecular weight excluding hydrogens is 272 g/mol. The topological polar surface area (TPSA) is 91.4 Å². The summed E-state index contributed by atoms with van der Waals surface area (Å²) < 4.78 is 5.37. The molecule has 0 atom stereocenters. The lowest BCUT2D eigenvalue weighted by Gasteiger charge is -2.11. The molecule has 6 heteroatoms. The number of aliphatic hydroxyl groups is 1. The summed E-state index contributed by atoms with van der Waals surface area (Å²) in [6.45, 7) is 2.17. The van der Waals surface area contributed by atoms with Crippen molar-refractivity contribution < 1.29 is 14.6 Å². The molecule has 0 radical (unpaired) electrons. The van der Waals surface area contributed by atoms with E-state index in [4.69, 9.17) is 4.74 Å². The van der Waals surface area contributed by atoms with E-state index in [2.05, 4.69) is 10.3 Å². The molecule has 1 aromatic heterocycles. The number of rotatable bonds is 5. The van der Waals surface area contributed by atoms with Crippen molar-refractivity contribution in [2.75, 3.05) is 11.9 Å². The van der Waals surface area contributed by atoms with Gasteiger partial charge >= 0.3 is 0 Å². The molecule has 6 nitrogen and oxygen atoms in total. The van der Waals surface area contributed by atoms with Crippen LogP contribution >= 0.6 is 0 Å². The van der Waals surface area contributed by atoms with Crippen LogP contribution in [0.3, 0.4) is 0 Å². The maximum absolute atomic E-state index is 12.0. The maximum Gasteiger partial charge on any atom is 0.257 e. The van der Waals surface area contributed by atoms with Crippen molar-refractivity contribution in [1.29, 1.82) is 0 Å². The van der Waals surface area contributed by atoms with E-state index in [1.807, 2.05) is 6.92 Å². The van der Waals surface area contributed by atoms with E-state index in [9.17, 15) is 14.7 Å². The lowest BCUT2D eigenvalue weighted by molar-refractivity contribution is 0.102. The number of anilines is 1. The van der Waals surface area contributed by atoms with Gasteiger partial charge in [0, 0.05) is 23.5 Å². The van der Waals surface area contributed by atoms with Crippen molar-refractivity contribution in [3.8, 4) is 5.75 Å². The third kappa shape index (κ3) is 3.70. The number of aliphatic hydroxyl groups excluding tert-OH is 1. The van der Waals surface area contributed by atoms with Gasteiger partial charge < -0.3 is 20.1 Å². The molecule has 2 rings (SSSR count). The third-order valence-electron chi connectivity index (χ3n) is 2.83. The molecule has 0 saturated carbocycles. The van der Waals surface area contributed by atoms with Gasteiger partial charge in [0.15, 0.2) is 0 Å². The molecule has 0 saturated heterocycles. The predicted octanol–water partition coefficient (Wildman–Crippen LogP) is 1.52. The molecule has 1 amide bonds. The van der Waals surface area contributed by atoms with Crippen molar-refractivity contribution in [3.63, 3.8) is 0 Å². The number of nitrogens with one attached hydrogen (secondary N) is 2. The van der Waals surface area contributed by atoms with E-state index >= 15 is 0 Å². The van der Waals surface area contributed by atoms with Gasteiger partial charge in [-0.1, -0.05) is 0 Å². The molecule has 0 aliphatic heterocycles. The van der Waals surface area contributed by atoms with Gasteiger partial charge in [-0.15, -0.1) is 0 Å². The first kappa shape index (κ1) is 14.8. The van der Waals surface area contributed by atoms with Gasteiger partial charge in [-0.2, -0.15) is 0 Å². The molecule has 110 valence electrons. The number of H-pyrrole nitrogens is 1. The first-order chi connectivity index (χ1) is 10.1. The zero-order valence-electron chi connectivity index (χ0n) is 11.6. The van der Waals surface area contributed by atoms with E-state index in [1.54, 1.807) is 18.2 Å². The Morgan fingerprint density at radius 1 is 1.33 bits per heavy atom. The number of hydrogen-bond donors (Lipinski definition) is 3. The number of benzene rings is 1. The number of aromatic nitrogens is 1. The minimum absolute atomic E-state index is 0.183. The second kappa shape index (κ2) is 6.71.